The fourth-order valence-electron chi connectivity index (χ4n) is 1.69. The molecule has 0 fully saturated rings. The molecule has 0 aromatic heterocycles. The molecule has 0 saturated carbocycles. The Bertz CT molecular complexity index is 572. The highest BCUT2D eigenvalue weighted by molar-refractivity contribution is 6.31. The number of hydrogen-bond acceptors (Lipinski definition) is 2. The van der Waals surface area contributed by atoms with Gasteiger partial charge in [-0.3, -0.25) is 0 Å². The molecule has 0 amide bonds. The summed E-state index contributed by atoms with van der Waals surface area (Å²) in [5.74, 6) is 0.364. The van der Waals surface area contributed by atoms with Crippen molar-refractivity contribution >= 4 is 11.6 Å². The Balaban J connectivity index is 2.08. The minimum absolute atomic E-state index is 0.0436. The highest BCUT2D eigenvalue weighted by Gasteiger charge is 2.05. The molecule has 0 bridgehead atoms. The summed E-state index contributed by atoms with van der Waals surface area (Å²) in [4.78, 5) is 0. The predicted molar refractivity (Wildman–Crippen MR) is 74.8 cm³/mol. The predicted octanol–water partition coefficient (Wildman–Crippen LogP) is 4.08. The highest BCUT2D eigenvalue weighted by atomic mass is 35.5. The number of benzene rings is 2. The maximum absolute atomic E-state index is 12.9. The van der Waals surface area contributed by atoms with Gasteiger partial charge in [-0.05, 0) is 36.8 Å². The number of rotatable bonds is 4. The zero-order valence-corrected chi connectivity index (χ0v) is 11.3. The van der Waals surface area contributed by atoms with Crippen molar-refractivity contribution in [2.24, 2.45) is 5.73 Å². The molecule has 2 nitrogen and oxygen atoms in total. The van der Waals surface area contributed by atoms with Crippen LogP contribution in [-0.2, 0) is 6.61 Å². The van der Waals surface area contributed by atoms with Gasteiger partial charge >= 0.3 is 0 Å². The van der Waals surface area contributed by atoms with Gasteiger partial charge in [0.2, 0.25) is 0 Å². The van der Waals surface area contributed by atoms with Crippen LogP contribution in [-0.4, -0.2) is 0 Å². The minimum Gasteiger partial charge on any atom is -0.489 e. The standard InChI is InChI=1S/C15H15ClFNO/c1-10(18)11-3-2-4-14(7-11)19-9-12-5-6-13(17)8-15(12)16/h2-8,10H,9,18H2,1H3. The summed E-state index contributed by atoms with van der Waals surface area (Å²) in [6, 6.07) is 11.8. The lowest BCUT2D eigenvalue weighted by molar-refractivity contribution is 0.305. The molecule has 100 valence electrons. The third kappa shape index (κ3) is 3.69. The van der Waals surface area contributed by atoms with Gasteiger partial charge in [0.1, 0.15) is 18.2 Å². The third-order valence-corrected chi connectivity index (χ3v) is 3.15. The van der Waals surface area contributed by atoms with E-state index in [1.54, 1.807) is 6.07 Å². The molecule has 0 spiro atoms. The van der Waals surface area contributed by atoms with Gasteiger partial charge in [0.05, 0.1) is 5.02 Å². The maximum Gasteiger partial charge on any atom is 0.124 e. The van der Waals surface area contributed by atoms with Crippen LogP contribution in [0.25, 0.3) is 0 Å². The normalized spacial score (nSPS) is 12.2. The summed E-state index contributed by atoms with van der Waals surface area (Å²) in [7, 11) is 0. The molecule has 4 heteroatoms. The summed E-state index contributed by atoms with van der Waals surface area (Å²) >= 11 is 5.94. The molecular formula is C15H15ClFNO. The van der Waals surface area contributed by atoms with E-state index in [0.717, 1.165) is 16.9 Å². The first kappa shape index (κ1) is 13.8. The Labute approximate surface area is 117 Å². The van der Waals surface area contributed by atoms with Crippen LogP contribution in [0.15, 0.2) is 42.5 Å². The highest BCUT2D eigenvalue weighted by Crippen LogP contribution is 2.22. The SMILES string of the molecule is CC(N)c1cccc(OCc2ccc(F)cc2Cl)c1. The zero-order chi connectivity index (χ0) is 13.8. The van der Waals surface area contributed by atoms with Crippen molar-refractivity contribution in [2.75, 3.05) is 0 Å². The van der Waals surface area contributed by atoms with E-state index in [1.807, 2.05) is 31.2 Å². The Morgan fingerprint density at radius 1 is 1.26 bits per heavy atom. The average Bonchev–Trinajstić information content (AvgIpc) is 2.38. The fourth-order valence-corrected chi connectivity index (χ4v) is 1.91. The minimum atomic E-state index is -0.354. The largest absolute Gasteiger partial charge is 0.489 e. The van der Waals surface area contributed by atoms with Gasteiger partial charge < -0.3 is 10.5 Å². The van der Waals surface area contributed by atoms with Crippen molar-refractivity contribution in [3.63, 3.8) is 0 Å². The van der Waals surface area contributed by atoms with Crippen LogP contribution in [0.4, 0.5) is 4.39 Å². The molecule has 2 N–H and O–H groups in total. The molecule has 19 heavy (non-hydrogen) atoms. The Kier molecular flexibility index (Phi) is 4.40. The van der Waals surface area contributed by atoms with E-state index in [0.29, 0.717) is 11.6 Å². The summed E-state index contributed by atoms with van der Waals surface area (Å²) < 4.78 is 18.6. The Morgan fingerprint density at radius 2 is 2.05 bits per heavy atom. The van der Waals surface area contributed by atoms with Crippen LogP contribution in [0, 0.1) is 5.82 Å². The lowest BCUT2D eigenvalue weighted by Crippen LogP contribution is -2.05. The molecule has 2 aromatic rings. The summed E-state index contributed by atoms with van der Waals surface area (Å²) in [6.07, 6.45) is 0. The molecular weight excluding hydrogens is 265 g/mol. The molecule has 0 aliphatic rings. The van der Waals surface area contributed by atoms with Crippen molar-refractivity contribution < 1.29 is 9.13 Å². The maximum atomic E-state index is 12.9. The monoisotopic (exact) mass is 279 g/mol. The van der Waals surface area contributed by atoms with Gasteiger partial charge in [-0.25, -0.2) is 4.39 Å². The van der Waals surface area contributed by atoms with Crippen molar-refractivity contribution in [3.05, 3.63) is 64.4 Å². The lowest BCUT2D eigenvalue weighted by Gasteiger charge is -2.11. The number of halogens is 2. The Morgan fingerprint density at radius 3 is 2.74 bits per heavy atom. The van der Waals surface area contributed by atoms with Gasteiger partial charge in [-0.2, -0.15) is 0 Å². The summed E-state index contributed by atoms with van der Waals surface area (Å²) in [6.45, 7) is 2.21. The quantitative estimate of drug-likeness (QED) is 0.915. The average molecular weight is 280 g/mol. The third-order valence-electron chi connectivity index (χ3n) is 2.79. The molecule has 0 aliphatic heterocycles. The molecule has 2 rings (SSSR count). The molecule has 0 saturated heterocycles. The fraction of sp³-hybridized carbons (Fsp3) is 0.200. The molecule has 0 heterocycles. The van der Waals surface area contributed by atoms with Crippen LogP contribution in [0.3, 0.4) is 0 Å². The van der Waals surface area contributed by atoms with Gasteiger partial charge in [0, 0.05) is 11.6 Å². The van der Waals surface area contributed by atoms with Crippen LogP contribution in [0.1, 0.15) is 24.1 Å². The number of hydrogen-bond donors (Lipinski definition) is 1. The first-order valence-corrected chi connectivity index (χ1v) is 6.36. The molecule has 1 atom stereocenters. The smallest absolute Gasteiger partial charge is 0.124 e. The molecule has 2 aromatic carbocycles. The van der Waals surface area contributed by atoms with E-state index in [-0.39, 0.29) is 11.9 Å². The molecule has 1 unspecified atom stereocenters. The molecule has 0 aliphatic carbocycles. The van der Waals surface area contributed by atoms with Gasteiger partial charge in [0.15, 0.2) is 0 Å². The second-order valence-electron chi connectivity index (χ2n) is 4.39. The van der Waals surface area contributed by atoms with E-state index >= 15 is 0 Å². The van der Waals surface area contributed by atoms with Crippen LogP contribution < -0.4 is 10.5 Å². The summed E-state index contributed by atoms with van der Waals surface area (Å²) in [5, 5.41) is 0.364. The van der Waals surface area contributed by atoms with Gasteiger partial charge in [0.25, 0.3) is 0 Å². The lowest BCUT2D eigenvalue weighted by atomic mass is 10.1. The second-order valence-corrected chi connectivity index (χ2v) is 4.79. The van der Waals surface area contributed by atoms with Crippen LogP contribution in [0.5, 0.6) is 5.75 Å². The van der Waals surface area contributed by atoms with E-state index in [1.165, 1.54) is 12.1 Å². The van der Waals surface area contributed by atoms with E-state index in [4.69, 9.17) is 22.1 Å². The van der Waals surface area contributed by atoms with Gasteiger partial charge in [-0.1, -0.05) is 29.8 Å². The van der Waals surface area contributed by atoms with Crippen LogP contribution >= 0.6 is 11.6 Å². The Hall–Kier alpha value is -1.58. The molecule has 0 radical (unpaired) electrons. The van der Waals surface area contributed by atoms with Gasteiger partial charge in [-0.15, -0.1) is 0 Å². The number of nitrogens with two attached hydrogens (primary N) is 1. The number of ether oxygens (including phenoxy) is 1. The van der Waals surface area contributed by atoms with E-state index in [9.17, 15) is 4.39 Å². The summed E-state index contributed by atoms with van der Waals surface area (Å²) in [5.41, 5.74) is 7.56. The van der Waals surface area contributed by atoms with Crippen molar-refractivity contribution in [1.82, 2.24) is 0 Å². The van der Waals surface area contributed by atoms with Crippen molar-refractivity contribution in [1.29, 1.82) is 0 Å². The first-order chi connectivity index (χ1) is 9.06. The zero-order valence-electron chi connectivity index (χ0n) is 10.6. The first-order valence-electron chi connectivity index (χ1n) is 5.98. The topological polar surface area (TPSA) is 35.2 Å². The van der Waals surface area contributed by atoms with Crippen LogP contribution in [0.2, 0.25) is 5.02 Å². The van der Waals surface area contributed by atoms with E-state index < -0.39 is 0 Å². The van der Waals surface area contributed by atoms with E-state index in [2.05, 4.69) is 0 Å². The second kappa shape index (κ2) is 6.04. The van der Waals surface area contributed by atoms with Crippen molar-refractivity contribution in [3.8, 4) is 5.75 Å². The van der Waals surface area contributed by atoms with Crippen molar-refractivity contribution in [2.45, 2.75) is 19.6 Å².